The number of fused-ring (bicyclic) bond motifs is 1. The first-order chi connectivity index (χ1) is 12.6. The number of hydrogen-bond donors (Lipinski definition) is 0. The molecule has 0 saturated heterocycles. The molecule has 136 valence electrons. The Morgan fingerprint density at radius 2 is 2.08 bits per heavy atom. The van der Waals surface area contributed by atoms with Crippen molar-refractivity contribution < 1.29 is 14.3 Å². The second-order valence-electron chi connectivity index (χ2n) is 6.55. The van der Waals surface area contributed by atoms with Crippen LogP contribution in [0.4, 0.5) is 5.69 Å². The summed E-state index contributed by atoms with van der Waals surface area (Å²) in [6, 6.07) is 14.0. The first-order valence-electron chi connectivity index (χ1n) is 8.94. The van der Waals surface area contributed by atoms with Gasteiger partial charge < -0.3 is 14.4 Å². The van der Waals surface area contributed by atoms with Gasteiger partial charge in [-0.15, -0.1) is 6.58 Å². The molecule has 0 radical (unpaired) electrons. The normalized spacial score (nSPS) is 15.9. The predicted molar refractivity (Wildman–Crippen MR) is 104 cm³/mol. The zero-order valence-corrected chi connectivity index (χ0v) is 15.4. The van der Waals surface area contributed by atoms with Crippen LogP contribution < -0.4 is 14.4 Å². The van der Waals surface area contributed by atoms with Crippen LogP contribution in [0.1, 0.15) is 24.5 Å². The van der Waals surface area contributed by atoms with E-state index in [4.69, 9.17) is 9.47 Å². The first-order valence-corrected chi connectivity index (χ1v) is 8.94. The van der Waals surface area contributed by atoms with E-state index in [1.807, 2.05) is 47.4 Å². The Morgan fingerprint density at radius 1 is 1.27 bits per heavy atom. The van der Waals surface area contributed by atoms with E-state index in [0.29, 0.717) is 11.5 Å². The molecular weight excluding hydrogens is 326 g/mol. The molecule has 26 heavy (non-hydrogen) atoms. The largest absolute Gasteiger partial charge is 0.493 e. The molecule has 2 aromatic carbocycles. The highest BCUT2D eigenvalue weighted by Gasteiger charge is 2.28. The molecule has 0 aromatic heterocycles. The number of nitrogens with zero attached hydrogens (tertiary/aromatic N) is 1. The quantitative estimate of drug-likeness (QED) is 0.733. The number of allylic oxidation sites excluding steroid dienone is 1. The lowest BCUT2D eigenvalue weighted by Crippen LogP contribution is -2.44. The van der Waals surface area contributed by atoms with Crippen LogP contribution in [0, 0.1) is 0 Å². The molecule has 0 fully saturated rings. The molecule has 4 heteroatoms. The Kier molecular flexibility index (Phi) is 5.61. The fourth-order valence-electron chi connectivity index (χ4n) is 3.40. The van der Waals surface area contributed by atoms with Gasteiger partial charge >= 0.3 is 0 Å². The van der Waals surface area contributed by atoms with E-state index >= 15 is 0 Å². The third-order valence-electron chi connectivity index (χ3n) is 4.75. The Bertz CT molecular complexity index is 800. The number of benzene rings is 2. The zero-order chi connectivity index (χ0) is 18.5. The summed E-state index contributed by atoms with van der Waals surface area (Å²) in [7, 11) is 1.60. The van der Waals surface area contributed by atoms with Gasteiger partial charge in [-0.25, -0.2) is 0 Å². The Labute approximate surface area is 155 Å². The van der Waals surface area contributed by atoms with Gasteiger partial charge in [-0.1, -0.05) is 30.3 Å². The van der Waals surface area contributed by atoms with Gasteiger partial charge in [-0.05, 0) is 55.5 Å². The molecule has 0 aliphatic carbocycles. The predicted octanol–water partition coefficient (Wildman–Crippen LogP) is 4.17. The van der Waals surface area contributed by atoms with E-state index in [-0.39, 0.29) is 18.6 Å². The number of amides is 1. The van der Waals surface area contributed by atoms with Crippen LogP contribution in [0.2, 0.25) is 0 Å². The molecule has 0 saturated carbocycles. The minimum Gasteiger partial charge on any atom is -0.493 e. The number of hydrogen-bond acceptors (Lipinski definition) is 3. The summed E-state index contributed by atoms with van der Waals surface area (Å²) in [5, 5.41) is 0. The van der Waals surface area contributed by atoms with Gasteiger partial charge in [0.25, 0.3) is 5.91 Å². The lowest BCUT2D eigenvalue weighted by molar-refractivity contribution is -0.121. The molecule has 0 N–H and O–H groups in total. The van der Waals surface area contributed by atoms with Crippen molar-refractivity contribution in [3.63, 3.8) is 0 Å². The van der Waals surface area contributed by atoms with E-state index in [2.05, 4.69) is 19.6 Å². The maximum atomic E-state index is 12.9. The number of anilines is 1. The molecule has 0 bridgehead atoms. The summed E-state index contributed by atoms with van der Waals surface area (Å²) in [6.45, 7) is 5.81. The van der Waals surface area contributed by atoms with Crippen LogP contribution in [0.5, 0.6) is 11.5 Å². The highest BCUT2D eigenvalue weighted by atomic mass is 16.5. The van der Waals surface area contributed by atoms with Crippen molar-refractivity contribution in [2.24, 2.45) is 0 Å². The molecule has 1 aliphatic rings. The number of aryl methyl sites for hydroxylation is 1. The first kappa shape index (κ1) is 18.1. The molecule has 1 unspecified atom stereocenters. The van der Waals surface area contributed by atoms with Crippen LogP contribution in [-0.4, -0.2) is 25.7 Å². The lowest BCUT2D eigenvalue weighted by atomic mass is 9.96. The van der Waals surface area contributed by atoms with E-state index in [1.54, 1.807) is 7.11 Å². The minimum absolute atomic E-state index is 0.0180. The van der Waals surface area contributed by atoms with Crippen molar-refractivity contribution in [3.05, 3.63) is 66.2 Å². The molecule has 1 amide bonds. The van der Waals surface area contributed by atoms with Crippen LogP contribution in [0.3, 0.4) is 0 Å². The van der Waals surface area contributed by atoms with E-state index in [1.165, 1.54) is 5.56 Å². The van der Waals surface area contributed by atoms with Crippen molar-refractivity contribution in [1.82, 2.24) is 0 Å². The van der Waals surface area contributed by atoms with Crippen molar-refractivity contribution in [2.45, 2.75) is 32.2 Å². The summed E-state index contributed by atoms with van der Waals surface area (Å²) in [5.74, 6) is 1.16. The molecule has 1 heterocycles. The van der Waals surface area contributed by atoms with Crippen LogP contribution in [-0.2, 0) is 17.6 Å². The van der Waals surface area contributed by atoms with E-state index in [0.717, 1.165) is 30.5 Å². The smallest absolute Gasteiger partial charge is 0.265 e. The zero-order valence-electron chi connectivity index (χ0n) is 15.4. The van der Waals surface area contributed by atoms with Gasteiger partial charge in [0.15, 0.2) is 18.1 Å². The van der Waals surface area contributed by atoms with Gasteiger partial charge in [0.1, 0.15) is 0 Å². The second-order valence-corrected chi connectivity index (χ2v) is 6.55. The average Bonchev–Trinajstić information content (AvgIpc) is 2.66. The van der Waals surface area contributed by atoms with E-state index < -0.39 is 0 Å². The number of para-hydroxylation sites is 1. The van der Waals surface area contributed by atoms with Crippen LogP contribution in [0.25, 0.3) is 0 Å². The maximum absolute atomic E-state index is 12.9. The fraction of sp³-hybridized carbons (Fsp3) is 0.318. The summed E-state index contributed by atoms with van der Waals surface area (Å²) in [4.78, 5) is 14.7. The van der Waals surface area contributed by atoms with Crippen molar-refractivity contribution in [3.8, 4) is 11.5 Å². The minimum atomic E-state index is -0.0399. The van der Waals surface area contributed by atoms with Gasteiger partial charge in [0.05, 0.1) is 7.11 Å². The number of carbonyl (C=O) groups is 1. The van der Waals surface area contributed by atoms with Gasteiger partial charge in [-0.3, -0.25) is 4.79 Å². The summed E-state index contributed by atoms with van der Waals surface area (Å²) in [6.07, 6.45) is 4.56. The molecular formula is C22H25NO3. The molecule has 4 nitrogen and oxygen atoms in total. The maximum Gasteiger partial charge on any atom is 0.265 e. The molecule has 3 rings (SSSR count). The number of rotatable bonds is 6. The molecule has 1 atom stereocenters. The van der Waals surface area contributed by atoms with Crippen LogP contribution in [0.15, 0.2) is 55.1 Å². The van der Waals surface area contributed by atoms with Crippen molar-refractivity contribution in [1.29, 1.82) is 0 Å². The average molecular weight is 351 g/mol. The standard InChI is InChI=1S/C22H25NO3/c1-4-7-17-11-13-20(21(14-17)25-3)26-15-22(24)23-16(2)10-12-18-8-5-6-9-19(18)23/h4-6,8-9,11,13-14,16H,1,7,10,12,15H2,2-3H3. The highest BCUT2D eigenvalue weighted by Crippen LogP contribution is 2.32. The Morgan fingerprint density at radius 3 is 2.85 bits per heavy atom. The molecule has 1 aliphatic heterocycles. The van der Waals surface area contributed by atoms with Crippen LogP contribution >= 0.6 is 0 Å². The third kappa shape index (κ3) is 3.74. The number of carbonyl (C=O) groups excluding carboxylic acids is 1. The Hall–Kier alpha value is -2.75. The van der Waals surface area contributed by atoms with Gasteiger partial charge in [-0.2, -0.15) is 0 Å². The van der Waals surface area contributed by atoms with Gasteiger partial charge in [0, 0.05) is 11.7 Å². The van der Waals surface area contributed by atoms with Crippen molar-refractivity contribution >= 4 is 11.6 Å². The number of methoxy groups -OCH3 is 1. The third-order valence-corrected chi connectivity index (χ3v) is 4.75. The van der Waals surface area contributed by atoms with Crippen molar-refractivity contribution in [2.75, 3.05) is 18.6 Å². The summed E-state index contributed by atoms with van der Waals surface area (Å²) < 4.78 is 11.2. The second kappa shape index (κ2) is 8.09. The topological polar surface area (TPSA) is 38.8 Å². The summed E-state index contributed by atoms with van der Waals surface area (Å²) >= 11 is 0. The molecule has 0 spiro atoms. The van der Waals surface area contributed by atoms with Gasteiger partial charge in [0.2, 0.25) is 0 Å². The molecule has 2 aromatic rings. The van der Waals surface area contributed by atoms with E-state index in [9.17, 15) is 4.79 Å². The monoisotopic (exact) mass is 351 g/mol. The highest BCUT2D eigenvalue weighted by molar-refractivity contribution is 5.96. The lowest BCUT2D eigenvalue weighted by Gasteiger charge is -2.35. The fourth-order valence-corrected chi connectivity index (χ4v) is 3.40. The summed E-state index contributed by atoms with van der Waals surface area (Å²) in [5.41, 5.74) is 3.30. The number of ether oxygens (including phenoxy) is 2. The SMILES string of the molecule is C=CCc1ccc(OCC(=O)N2c3ccccc3CCC2C)c(OC)c1. The Balaban J connectivity index is 1.74.